The highest BCUT2D eigenvalue weighted by molar-refractivity contribution is 5.86. The molecule has 0 spiro atoms. The molecule has 1 fully saturated rings. The minimum Gasteiger partial charge on any atom is -0.367 e. The first-order chi connectivity index (χ1) is 13.0. The highest BCUT2D eigenvalue weighted by Crippen LogP contribution is 2.26. The lowest BCUT2D eigenvalue weighted by molar-refractivity contribution is -0.163. The zero-order valence-electron chi connectivity index (χ0n) is 15.6. The SMILES string of the molecule is CCCC(=O)N1CCOC(Cc2cccc(-c3ccncc3)c2)(C(N)=O)C1. The zero-order chi connectivity index (χ0) is 19.3. The van der Waals surface area contributed by atoms with E-state index in [1.807, 2.05) is 43.3 Å². The van der Waals surface area contributed by atoms with Crippen molar-refractivity contribution in [2.45, 2.75) is 31.8 Å². The molecule has 2 aromatic rings. The van der Waals surface area contributed by atoms with E-state index in [0.717, 1.165) is 23.1 Å². The maximum Gasteiger partial charge on any atom is 0.251 e. The summed E-state index contributed by atoms with van der Waals surface area (Å²) in [6, 6.07) is 11.8. The Morgan fingerprint density at radius 1 is 1.22 bits per heavy atom. The summed E-state index contributed by atoms with van der Waals surface area (Å²) in [5.41, 5.74) is 7.54. The van der Waals surface area contributed by atoms with Crippen LogP contribution in [-0.4, -0.2) is 47.0 Å². The number of amides is 2. The van der Waals surface area contributed by atoms with Gasteiger partial charge in [0, 0.05) is 31.8 Å². The molecule has 0 saturated carbocycles. The fraction of sp³-hybridized carbons (Fsp3) is 0.381. The van der Waals surface area contributed by atoms with Gasteiger partial charge in [-0.3, -0.25) is 14.6 Å². The van der Waals surface area contributed by atoms with E-state index in [1.165, 1.54) is 0 Å². The highest BCUT2D eigenvalue weighted by atomic mass is 16.5. The van der Waals surface area contributed by atoms with Crippen LogP contribution in [0, 0.1) is 0 Å². The summed E-state index contributed by atoms with van der Waals surface area (Å²) in [6.07, 6.45) is 5.06. The Balaban J connectivity index is 1.84. The number of benzene rings is 1. The van der Waals surface area contributed by atoms with Crippen LogP contribution in [0.15, 0.2) is 48.8 Å². The molecule has 2 heterocycles. The van der Waals surface area contributed by atoms with E-state index in [0.29, 0.717) is 26.0 Å². The molecule has 0 radical (unpaired) electrons. The third kappa shape index (κ3) is 4.34. The predicted molar refractivity (Wildman–Crippen MR) is 103 cm³/mol. The van der Waals surface area contributed by atoms with Crippen LogP contribution in [0.3, 0.4) is 0 Å². The first-order valence-corrected chi connectivity index (χ1v) is 9.25. The number of hydrogen-bond donors (Lipinski definition) is 1. The van der Waals surface area contributed by atoms with Crippen LogP contribution in [0.4, 0.5) is 0 Å². The van der Waals surface area contributed by atoms with E-state index in [-0.39, 0.29) is 12.5 Å². The fourth-order valence-corrected chi connectivity index (χ4v) is 3.45. The molecule has 6 heteroatoms. The number of pyridine rings is 1. The average molecular weight is 367 g/mol. The number of carbonyl (C=O) groups excluding carboxylic acids is 2. The van der Waals surface area contributed by atoms with Crippen LogP contribution < -0.4 is 5.73 Å². The number of morpholine rings is 1. The van der Waals surface area contributed by atoms with Crippen molar-refractivity contribution in [1.82, 2.24) is 9.88 Å². The summed E-state index contributed by atoms with van der Waals surface area (Å²) in [5.74, 6) is -0.497. The van der Waals surface area contributed by atoms with Gasteiger partial charge in [-0.15, -0.1) is 0 Å². The lowest BCUT2D eigenvalue weighted by atomic mass is 9.90. The molecule has 1 aromatic carbocycles. The number of aromatic nitrogens is 1. The number of primary amides is 1. The maximum absolute atomic E-state index is 12.3. The smallest absolute Gasteiger partial charge is 0.251 e. The zero-order valence-corrected chi connectivity index (χ0v) is 15.6. The quantitative estimate of drug-likeness (QED) is 0.848. The molecule has 2 amide bonds. The Morgan fingerprint density at radius 3 is 2.70 bits per heavy atom. The van der Waals surface area contributed by atoms with E-state index in [2.05, 4.69) is 4.98 Å². The molecule has 6 nitrogen and oxygen atoms in total. The number of nitrogens with two attached hydrogens (primary N) is 1. The van der Waals surface area contributed by atoms with Gasteiger partial charge in [0.15, 0.2) is 5.60 Å². The number of nitrogens with zero attached hydrogens (tertiary/aromatic N) is 2. The monoisotopic (exact) mass is 367 g/mol. The van der Waals surface area contributed by atoms with Crippen molar-refractivity contribution in [1.29, 1.82) is 0 Å². The molecule has 1 saturated heterocycles. The maximum atomic E-state index is 12.3. The van der Waals surface area contributed by atoms with E-state index < -0.39 is 11.5 Å². The molecule has 27 heavy (non-hydrogen) atoms. The average Bonchev–Trinajstić information content (AvgIpc) is 2.69. The summed E-state index contributed by atoms with van der Waals surface area (Å²) in [4.78, 5) is 30.4. The molecule has 1 unspecified atom stereocenters. The van der Waals surface area contributed by atoms with Gasteiger partial charge < -0.3 is 15.4 Å². The summed E-state index contributed by atoms with van der Waals surface area (Å²) in [5, 5.41) is 0. The Labute approximate surface area is 159 Å². The van der Waals surface area contributed by atoms with Crippen molar-refractivity contribution < 1.29 is 14.3 Å². The van der Waals surface area contributed by atoms with E-state index in [9.17, 15) is 9.59 Å². The van der Waals surface area contributed by atoms with Crippen LogP contribution in [0.1, 0.15) is 25.3 Å². The number of ether oxygens (including phenoxy) is 1. The van der Waals surface area contributed by atoms with Gasteiger partial charge in [-0.2, -0.15) is 0 Å². The molecule has 1 aromatic heterocycles. The molecule has 2 N–H and O–H groups in total. The van der Waals surface area contributed by atoms with Crippen molar-refractivity contribution in [3.8, 4) is 11.1 Å². The Hall–Kier alpha value is -2.73. The molecule has 142 valence electrons. The second-order valence-electron chi connectivity index (χ2n) is 6.89. The lowest BCUT2D eigenvalue weighted by Crippen LogP contribution is -2.61. The van der Waals surface area contributed by atoms with Crippen molar-refractivity contribution >= 4 is 11.8 Å². The Kier molecular flexibility index (Phi) is 5.86. The van der Waals surface area contributed by atoms with Gasteiger partial charge >= 0.3 is 0 Å². The normalized spacial score (nSPS) is 19.7. The molecule has 0 aliphatic carbocycles. The fourth-order valence-electron chi connectivity index (χ4n) is 3.45. The molecule has 1 atom stereocenters. The highest BCUT2D eigenvalue weighted by Gasteiger charge is 2.43. The number of hydrogen-bond acceptors (Lipinski definition) is 4. The Bertz CT molecular complexity index is 809. The van der Waals surface area contributed by atoms with Gasteiger partial charge in [-0.1, -0.05) is 31.2 Å². The molecule has 0 bridgehead atoms. The van der Waals surface area contributed by atoms with Gasteiger partial charge in [0.2, 0.25) is 5.91 Å². The molecular formula is C21H25N3O3. The van der Waals surface area contributed by atoms with Crippen LogP contribution in [0.5, 0.6) is 0 Å². The second kappa shape index (κ2) is 8.31. The van der Waals surface area contributed by atoms with Crippen molar-refractivity contribution in [3.63, 3.8) is 0 Å². The van der Waals surface area contributed by atoms with Gasteiger partial charge in [0.25, 0.3) is 5.91 Å². The van der Waals surface area contributed by atoms with Crippen LogP contribution in [-0.2, 0) is 20.7 Å². The summed E-state index contributed by atoms with van der Waals surface area (Å²) in [6.45, 7) is 2.96. The van der Waals surface area contributed by atoms with Crippen LogP contribution in [0.25, 0.3) is 11.1 Å². The lowest BCUT2D eigenvalue weighted by Gasteiger charge is -2.41. The summed E-state index contributed by atoms with van der Waals surface area (Å²) >= 11 is 0. The predicted octanol–water partition coefficient (Wildman–Crippen LogP) is 2.17. The topological polar surface area (TPSA) is 85.5 Å². The molecule has 3 rings (SSSR count). The number of rotatable bonds is 6. The first kappa shape index (κ1) is 19.0. The van der Waals surface area contributed by atoms with Crippen LogP contribution in [0.2, 0.25) is 0 Å². The minimum absolute atomic E-state index is 0.0389. The van der Waals surface area contributed by atoms with E-state index in [1.54, 1.807) is 17.3 Å². The van der Waals surface area contributed by atoms with E-state index in [4.69, 9.17) is 10.5 Å². The van der Waals surface area contributed by atoms with E-state index >= 15 is 0 Å². The third-order valence-electron chi connectivity index (χ3n) is 4.88. The van der Waals surface area contributed by atoms with Gasteiger partial charge in [-0.05, 0) is 35.2 Å². The van der Waals surface area contributed by atoms with Crippen LogP contribution >= 0.6 is 0 Å². The molecular weight excluding hydrogens is 342 g/mol. The minimum atomic E-state index is -1.20. The molecule has 1 aliphatic rings. The van der Waals surface area contributed by atoms with Crippen molar-refractivity contribution in [2.75, 3.05) is 19.7 Å². The van der Waals surface area contributed by atoms with Gasteiger partial charge in [0.05, 0.1) is 13.2 Å². The molecule has 1 aliphatic heterocycles. The summed E-state index contributed by atoms with van der Waals surface area (Å²) < 4.78 is 5.86. The van der Waals surface area contributed by atoms with Crippen molar-refractivity contribution in [2.24, 2.45) is 5.73 Å². The first-order valence-electron chi connectivity index (χ1n) is 9.25. The largest absolute Gasteiger partial charge is 0.367 e. The second-order valence-corrected chi connectivity index (χ2v) is 6.89. The van der Waals surface area contributed by atoms with Crippen molar-refractivity contribution in [3.05, 3.63) is 54.4 Å². The van der Waals surface area contributed by atoms with Gasteiger partial charge in [0.1, 0.15) is 0 Å². The number of carbonyl (C=O) groups is 2. The van der Waals surface area contributed by atoms with Gasteiger partial charge in [-0.25, -0.2) is 0 Å². The third-order valence-corrected chi connectivity index (χ3v) is 4.88. The summed E-state index contributed by atoms with van der Waals surface area (Å²) in [7, 11) is 0. The standard InChI is InChI=1S/C21H25N3O3/c1-2-4-19(25)24-11-12-27-21(15-24,20(22)26)14-16-5-3-6-18(13-16)17-7-9-23-10-8-17/h3,5-10,13H,2,4,11-12,14-15H2,1H3,(H2,22,26). The Morgan fingerprint density at radius 2 is 2.00 bits per heavy atom.